The van der Waals surface area contributed by atoms with E-state index in [0.717, 1.165) is 41.4 Å². The SMILES string of the molecule is COCCOc1ncc(C2CC2)cc1Nc1nccc(-c2cc(C#N)c3c(c2)[C@@](C)(CO[Si](C)(C)C(C)(C)C)CN3[B]C=O)n1. The summed E-state index contributed by atoms with van der Waals surface area (Å²) in [6.07, 6.45) is 6.63. The summed E-state index contributed by atoms with van der Waals surface area (Å²) in [6.45, 7) is 15.1. The highest BCUT2D eigenvalue weighted by molar-refractivity contribution is 6.74. The Bertz CT molecular complexity index is 1600. The second-order valence-corrected chi connectivity index (χ2v) is 18.5. The first-order valence-corrected chi connectivity index (χ1v) is 18.3. The minimum atomic E-state index is -2.06. The van der Waals surface area contributed by atoms with E-state index in [2.05, 4.69) is 74.3 Å². The molecule has 1 aliphatic heterocycles. The lowest BCUT2D eigenvalue weighted by atomic mass is 9.83. The summed E-state index contributed by atoms with van der Waals surface area (Å²) >= 11 is 0. The lowest BCUT2D eigenvalue weighted by Crippen LogP contribution is -2.46. The Kier molecular flexibility index (Phi) is 9.35. The van der Waals surface area contributed by atoms with E-state index in [1.54, 1.807) is 13.3 Å². The summed E-state index contributed by atoms with van der Waals surface area (Å²) in [4.78, 5) is 27.4. The Morgan fingerprint density at radius 1 is 1.22 bits per heavy atom. The number of nitrogens with zero attached hydrogens (tertiary/aromatic N) is 5. The standard InChI is InChI=1S/C33H42BN6O4Si/c1-32(2,3)45(6,7)44-20-33(4)19-40(34-21-41)29-24(17-35)14-23(15-26(29)33)27-10-11-36-31(38-27)39-28-16-25(22-8-9-22)18-37-30(28)43-13-12-42-5/h10-11,14-16,18,21-22H,8-9,12-13,19-20H2,1-7H3,(H,36,38,39)/t33-/m1/s1. The van der Waals surface area contributed by atoms with Gasteiger partial charge in [-0.3, -0.25) is 0 Å². The van der Waals surface area contributed by atoms with Crippen LogP contribution in [0.1, 0.15) is 63.1 Å². The number of hydrogen-bond donors (Lipinski definition) is 1. The zero-order chi connectivity index (χ0) is 32.4. The molecule has 0 spiro atoms. The van der Waals surface area contributed by atoms with Gasteiger partial charge in [-0.1, -0.05) is 27.7 Å². The molecule has 1 atom stereocenters. The average molecular weight is 626 g/mol. The van der Waals surface area contributed by atoms with Gasteiger partial charge in [-0.15, -0.1) is 0 Å². The van der Waals surface area contributed by atoms with Crippen LogP contribution in [0.15, 0.2) is 36.7 Å². The predicted octanol–water partition coefficient (Wildman–Crippen LogP) is 5.97. The number of anilines is 3. The van der Waals surface area contributed by atoms with Gasteiger partial charge in [0, 0.05) is 49.3 Å². The van der Waals surface area contributed by atoms with Crippen molar-refractivity contribution in [2.75, 3.05) is 43.6 Å². The minimum absolute atomic E-state index is 0.0474. The largest absolute Gasteiger partial charge is 0.474 e. The number of rotatable bonds is 13. The molecular weight excluding hydrogens is 583 g/mol. The Hall–Kier alpha value is -3.79. The molecule has 0 bridgehead atoms. The number of hydrogen-bond acceptors (Lipinski definition) is 10. The van der Waals surface area contributed by atoms with Crippen molar-refractivity contribution < 1.29 is 18.7 Å². The summed E-state index contributed by atoms with van der Waals surface area (Å²) in [7, 11) is 1.07. The first-order valence-electron chi connectivity index (χ1n) is 15.4. The molecule has 1 aromatic carbocycles. The molecule has 0 amide bonds. The van der Waals surface area contributed by atoms with E-state index in [-0.39, 0.29) is 5.04 Å². The Labute approximate surface area is 267 Å². The molecule has 1 aliphatic carbocycles. The molecule has 235 valence electrons. The maximum Gasteiger partial charge on any atom is 0.329 e. The number of nitriles is 1. The zero-order valence-corrected chi connectivity index (χ0v) is 28.3. The normalized spacial score (nSPS) is 17.9. The topological polar surface area (TPSA) is 122 Å². The molecule has 3 aromatic rings. The van der Waals surface area contributed by atoms with Gasteiger partial charge in [0.2, 0.25) is 11.8 Å². The molecule has 2 aliphatic rings. The summed E-state index contributed by atoms with van der Waals surface area (Å²) < 4.78 is 17.7. The molecule has 1 radical (unpaired) electrons. The molecule has 5 rings (SSSR count). The van der Waals surface area contributed by atoms with Crippen LogP contribution in [-0.4, -0.2) is 70.3 Å². The van der Waals surface area contributed by atoms with Crippen molar-refractivity contribution in [3.63, 3.8) is 0 Å². The van der Waals surface area contributed by atoms with Gasteiger partial charge in [0.05, 0.1) is 17.9 Å². The monoisotopic (exact) mass is 625 g/mol. The number of nitrogens with one attached hydrogen (secondary N) is 1. The quantitative estimate of drug-likeness (QED) is 0.138. The van der Waals surface area contributed by atoms with Crippen LogP contribution in [0.3, 0.4) is 0 Å². The van der Waals surface area contributed by atoms with Crippen LogP contribution in [-0.2, 0) is 19.4 Å². The van der Waals surface area contributed by atoms with E-state index in [0.29, 0.717) is 61.1 Å². The van der Waals surface area contributed by atoms with Crippen molar-refractivity contribution in [1.29, 1.82) is 5.26 Å². The molecule has 12 heteroatoms. The van der Waals surface area contributed by atoms with Gasteiger partial charge in [-0.05, 0) is 72.3 Å². The fourth-order valence-electron chi connectivity index (χ4n) is 5.29. The van der Waals surface area contributed by atoms with E-state index in [1.165, 1.54) is 7.41 Å². The van der Waals surface area contributed by atoms with Gasteiger partial charge >= 0.3 is 7.41 Å². The van der Waals surface area contributed by atoms with Gasteiger partial charge in [-0.2, -0.15) is 5.26 Å². The van der Waals surface area contributed by atoms with Gasteiger partial charge < -0.3 is 28.8 Å². The van der Waals surface area contributed by atoms with Crippen LogP contribution in [0.25, 0.3) is 11.3 Å². The number of fused-ring (bicyclic) bond motifs is 1. The Morgan fingerprint density at radius 2 is 2.00 bits per heavy atom. The van der Waals surface area contributed by atoms with Crippen LogP contribution in [0.4, 0.5) is 17.3 Å². The number of ether oxygens (including phenoxy) is 2. The highest BCUT2D eigenvalue weighted by Crippen LogP contribution is 2.46. The van der Waals surface area contributed by atoms with Crippen molar-refractivity contribution in [1.82, 2.24) is 15.0 Å². The van der Waals surface area contributed by atoms with E-state index in [9.17, 15) is 10.1 Å². The maximum atomic E-state index is 11.6. The molecule has 1 N–H and O–H groups in total. The first-order chi connectivity index (χ1) is 21.4. The molecule has 1 saturated carbocycles. The molecule has 10 nitrogen and oxygen atoms in total. The summed E-state index contributed by atoms with van der Waals surface area (Å²) in [5.74, 6) is 1.36. The molecule has 0 saturated heterocycles. The third-order valence-corrected chi connectivity index (χ3v) is 13.6. The van der Waals surface area contributed by atoms with Crippen LogP contribution in [0.5, 0.6) is 5.88 Å². The molecule has 1 fully saturated rings. The zero-order valence-electron chi connectivity index (χ0n) is 27.3. The lowest BCUT2D eigenvalue weighted by Gasteiger charge is -2.39. The lowest BCUT2D eigenvalue weighted by molar-refractivity contribution is 0.144. The van der Waals surface area contributed by atoms with Crippen LogP contribution in [0.2, 0.25) is 18.1 Å². The summed E-state index contributed by atoms with van der Waals surface area (Å²) in [5.41, 5.74) is 4.99. The fraction of sp³-hybridized carbons (Fsp3) is 0.485. The van der Waals surface area contributed by atoms with Crippen molar-refractivity contribution in [2.45, 2.75) is 70.0 Å². The van der Waals surface area contributed by atoms with E-state index < -0.39 is 13.7 Å². The molecule has 2 aromatic heterocycles. The summed E-state index contributed by atoms with van der Waals surface area (Å²) in [5, 5.41) is 13.6. The van der Waals surface area contributed by atoms with Crippen molar-refractivity contribution in [2.24, 2.45) is 0 Å². The van der Waals surface area contributed by atoms with Crippen molar-refractivity contribution >= 4 is 39.2 Å². The summed E-state index contributed by atoms with van der Waals surface area (Å²) in [6, 6.07) is 10.1. The van der Waals surface area contributed by atoms with Gasteiger partial charge in [0.25, 0.3) is 0 Å². The van der Waals surface area contributed by atoms with Crippen LogP contribution < -0.4 is 14.9 Å². The highest BCUT2D eigenvalue weighted by Gasteiger charge is 2.44. The van der Waals surface area contributed by atoms with Gasteiger partial charge in [0.15, 0.2) is 8.32 Å². The third kappa shape index (κ3) is 7.06. The van der Waals surface area contributed by atoms with Crippen LogP contribution in [0, 0.1) is 11.3 Å². The van der Waals surface area contributed by atoms with E-state index in [4.69, 9.17) is 18.9 Å². The van der Waals surface area contributed by atoms with E-state index in [1.807, 2.05) is 23.1 Å². The molecule has 45 heavy (non-hydrogen) atoms. The number of aromatic nitrogens is 3. The maximum absolute atomic E-state index is 11.6. The number of carbonyl (C=O) groups is 1. The minimum Gasteiger partial charge on any atom is -0.474 e. The van der Waals surface area contributed by atoms with Gasteiger partial charge in [-0.25, -0.2) is 15.0 Å². The fourth-order valence-corrected chi connectivity index (χ4v) is 6.40. The second kappa shape index (κ2) is 12.9. The second-order valence-electron chi connectivity index (χ2n) is 13.7. The Balaban J connectivity index is 1.50. The molecular formula is C33H42BN6O4Si. The number of benzene rings is 1. The molecule has 3 heterocycles. The van der Waals surface area contributed by atoms with Crippen molar-refractivity contribution in [3.8, 4) is 23.2 Å². The van der Waals surface area contributed by atoms with Crippen LogP contribution >= 0.6 is 0 Å². The highest BCUT2D eigenvalue weighted by atomic mass is 28.4. The Morgan fingerprint density at radius 3 is 2.67 bits per heavy atom. The third-order valence-electron chi connectivity index (χ3n) is 9.13. The number of carbonyl (C=O) groups excluding carboxylic acids is 1. The van der Waals surface area contributed by atoms with E-state index >= 15 is 0 Å². The molecule has 0 unspecified atom stereocenters. The van der Waals surface area contributed by atoms with Gasteiger partial charge in [0.1, 0.15) is 24.5 Å². The predicted molar refractivity (Wildman–Crippen MR) is 179 cm³/mol. The average Bonchev–Trinajstić information content (AvgIpc) is 3.81. The van der Waals surface area contributed by atoms with Crippen molar-refractivity contribution in [3.05, 3.63) is 53.3 Å². The number of pyridine rings is 1. The number of methoxy groups -OCH3 is 1. The first kappa shape index (κ1) is 32.6. The smallest absolute Gasteiger partial charge is 0.329 e.